The van der Waals surface area contributed by atoms with Gasteiger partial charge in [-0.1, -0.05) is 36.1 Å². The molecule has 0 spiro atoms. The SMILES string of the molecule is Cc1cccc(NC(=O)CN2CCN(CN3CCSC3=S)CC2)c1C. The fourth-order valence-corrected chi connectivity index (χ4v) is 4.38. The highest BCUT2D eigenvalue weighted by molar-refractivity contribution is 8.23. The number of nitrogens with zero attached hydrogens (tertiary/aromatic N) is 3. The number of thioether (sulfide) groups is 1. The summed E-state index contributed by atoms with van der Waals surface area (Å²) in [5, 5.41) is 3.05. The van der Waals surface area contributed by atoms with Gasteiger partial charge in [0.2, 0.25) is 5.91 Å². The number of amides is 1. The predicted molar refractivity (Wildman–Crippen MR) is 109 cm³/mol. The summed E-state index contributed by atoms with van der Waals surface area (Å²) in [4.78, 5) is 19.3. The molecule has 0 aromatic heterocycles. The van der Waals surface area contributed by atoms with E-state index in [1.807, 2.05) is 19.1 Å². The highest BCUT2D eigenvalue weighted by Gasteiger charge is 2.24. The Morgan fingerprint density at radius 1 is 1.16 bits per heavy atom. The fourth-order valence-electron chi connectivity index (χ4n) is 3.16. The Kier molecular flexibility index (Phi) is 6.33. The maximum absolute atomic E-state index is 12.4. The average molecular weight is 379 g/mol. The van der Waals surface area contributed by atoms with E-state index < -0.39 is 0 Å². The van der Waals surface area contributed by atoms with Crippen LogP contribution in [0.2, 0.25) is 0 Å². The van der Waals surface area contributed by atoms with Crippen molar-refractivity contribution >= 4 is 39.9 Å². The van der Waals surface area contributed by atoms with Gasteiger partial charge in [0, 0.05) is 44.2 Å². The lowest BCUT2D eigenvalue weighted by Crippen LogP contribution is -2.51. The number of carbonyl (C=O) groups excluding carboxylic acids is 1. The second-order valence-corrected chi connectivity index (χ2v) is 8.44. The molecule has 2 saturated heterocycles. The highest BCUT2D eigenvalue weighted by Crippen LogP contribution is 2.19. The molecule has 0 saturated carbocycles. The van der Waals surface area contributed by atoms with Crippen molar-refractivity contribution in [1.29, 1.82) is 0 Å². The average Bonchev–Trinajstić information content (AvgIpc) is 2.99. The third-order valence-corrected chi connectivity index (χ3v) is 6.43. The molecule has 0 atom stereocenters. The molecule has 0 radical (unpaired) electrons. The van der Waals surface area contributed by atoms with Gasteiger partial charge in [-0.3, -0.25) is 14.6 Å². The van der Waals surface area contributed by atoms with Crippen LogP contribution >= 0.6 is 24.0 Å². The zero-order valence-electron chi connectivity index (χ0n) is 15.0. The molecule has 136 valence electrons. The van der Waals surface area contributed by atoms with E-state index in [0.717, 1.165) is 60.7 Å². The molecule has 1 aromatic carbocycles. The van der Waals surface area contributed by atoms with Crippen molar-refractivity contribution in [2.75, 3.05) is 57.0 Å². The Morgan fingerprint density at radius 3 is 2.56 bits per heavy atom. The number of hydrogen-bond acceptors (Lipinski definition) is 5. The standard InChI is InChI=1S/C18H26N4OS2/c1-14-4-3-5-16(15(14)2)19-17(23)12-20-6-8-21(9-7-20)13-22-10-11-25-18(22)24/h3-5H,6-13H2,1-2H3,(H,19,23). The molecule has 1 N–H and O–H groups in total. The van der Waals surface area contributed by atoms with Crippen LogP contribution in [0.5, 0.6) is 0 Å². The molecule has 1 aromatic rings. The molecule has 1 amide bonds. The van der Waals surface area contributed by atoms with Crippen LogP contribution in [0.1, 0.15) is 11.1 Å². The maximum atomic E-state index is 12.4. The van der Waals surface area contributed by atoms with Gasteiger partial charge in [-0.15, -0.1) is 0 Å². The first-order chi connectivity index (χ1) is 12.0. The summed E-state index contributed by atoms with van der Waals surface area (Å²) in [6.07, 6.45) is 0. The van der Waals surface area contributed by atoms with Gasteiger partial charge in [0.15, 0.2) is 0 Å². The van der Waals surface area contributed by atoms with E-state index in [9.17, 15) is 4.79 Å². The monoisotopic (exact) mass is 378 g/mol. The van der Waals surface area contributed by atoms with Crippen molar-refractivity contribution in [3.8, 4) is 0 Å². The molecular weight excluding hydrogens is 352 g/mol. The smallest absolute Gasteiger partial charge is 0.238 e. The molecule has 2 fully saturated rings. The summed E-state index contributed by atoms with van der Waals surface area (Å²) in [6, 6.07) is 6.02. The van der Waals surface area contributed by atoms with E-state index in [0.29, 0.717) is 6.54 Å². The van der Waals surface area contributed by atoms with Crippen molar-refractivity contribution in [3.63, 3.8) is 0 Å². The number of anilines is 1. The molecule has 25 heavy (non-hydrogen) atoms. The minimum atomic E-state index is 0.0688. The molecular formula is C18H26N4OS2. The van der Waals surface area contributed by atoms with Gasteiger partial charge in [-0.05, 0) is 31.0 Å². The largest absolute Gasteiger partial charge is 0.344 e. The number of nitrogens with one attached hydrogen (secondary N) is 1. The molecule has 5 nitrogen and oxygen atoms in total. The van der Waals surface area contributed by atoms with E-state index in [2.05, 4.69) is 33.0 Å². The topological polar surface area (TPSA) is 38.8 Å². The maximum Gasteiger partial charge on any atom is 0.238 e. The van der Waals surface area contributed by atoms with Crippen molar-refractivity contribution in [2.45, 2.75) is 13.8 Å². The molecule has 0 aliphatic carbocycles. The van der Waals surface area contributed by atoms with E-state index in [1.165, 1.54) is 5.56 Å². The summed E-state index contributed by atoms with van der Waals surface area (Å²) in [5.74, 6) is 1.18. The highest BCUT2D eigenvalue weighted by atomic mass is 32.2. The van der Waals surface area contributed by atoms with Crippen LogP contribution < -0.4 is 5.32 Å². The van der Waals surface area contributed by atoms with Gasteiger partial charge in [-0.2, -0.15) is 0 Å². The minimum absolute atomic E-state index is 0.0688. The molecule has 0 bridgehead atoms. The van der Waals surface area contributed by atoms with Gasteiger partial charge in [-0.25, -0.2) is 0 Å². The van der Waals surface area contributed by atoms with Gasteiger partial charge in [0.25, 0.3) is 0 Å². The van der Waals surface area contributed by atoms with Gasteiger partial charge >= 0.3 is 0 Å². The van der Waals surface area contributed by atoms with Gasteiger partial charge < -0.3 is 10.2 Å². The van der Waals surface area contributed by atoms with Crippen molar-refractivity contribution in [3.05, 3.63) is 29.3 Å². The third kappa shape index (κ3) is 4.94. The lowest BCUT2D eigenvalue weighted by molar-refractivity contribution is -0.117. The summed E-state index contributed by atoms with van der Waals surface area (Å²) in [7, 11) is 0. The summed E-state index contributed by atoms with van der Waals surface area (Å²) in [6.45, 7) is 10.4. The van der Waals surface area contributed by atoms with E-state index in [-0.39, 0.29) is 5.91 Å². The Balaban J connectivity index is 1.43. The molecule has 2 heterocycles. The summed E-state index contributed by atoms with van der Waals surface area (Å²) < 4.78 is 1.02. The number of piperazine rings is 1. The predicted octanol–water partition coefficient (Wildman–Crippen LogP) is 2.15. The molecule has 2 aliphatic rings. The Labute approximate surface area is 159 Å². The van der Waals surface area contributed by atoms with Crippen LogP contribution in [0, 0.1) is 13.8 Å². The van der Waals surface area contributed by atoms with E-state index >= 15 is 0 Å². The van der Waals surface area contributed by atoms with Crippen LogP contribution in [-0.2, 0) is 4.79 Å². The lowest BCUT2D eigenvalue weighted by Gasteiger charge is -2.36. The quantitative estimate of drug-likeness (QED) is 0.792. The first-order valence-corrected chi connectivity index (χ1v) is 10.1. The first kappa shape index (κ1) is 18.6. The number of thiocarbonyl (C=S) groups is 1. The zero-order valence-corrected chi connectivity index (χ0v) is 16.6. The second-order valence-electron chi connectivity index (χ2n) is 6.71. The van der Waals surface area contributed by atoms with Crippen LogP contribution in [-0.4, -0.2) is 76.6 Å². The van der Waals surface area contributed by atoms with Crippen LogP contribution in [0.4, 0.5) is 5.69 Å². The minimum Gasteiger partial charge on any atom is -0.344 e. The van der Waals surface area contributed by atoms with Gasteiger partial charge in [0.05, 0.1) is 13.2 Å². The summed E-state index contributed by atoms with van der Waals surface area (Å²) in [5.41, 5.74) is 3.26. The number of benzene rings is 1. The first-order valence-electron chi connectivity index (χ1n) is 8.75. The Morgan fingerprint density at radius 2 is 1.88 bits per heavy atom. The molecule has 2 aliphatic heterocycles. The third-order valence-electron chi connectivity index (χ3n) is 4.93. The van der Waals surface area contributed by atoms with Crippen LogP contribution in [0.15, 0.2) is 18.2 Å². The van der Waals surface area contributed by atoms with E-state index in [1.54, 1.807) is 11.8 Å². The van der Waals surface area contributed by atoms with Crippen LogP contribution in [0.25, 0.3) is 0 Å². The summed E-state index contributed by atoms with van der Waals surface area (Å²) >= 11 is 7.14. The molecule has 3 rings (SSSR count). The van der Waals surface area contributed by atoms with Crippen molar-refractivity contribution in [1.82, 2.24) is 14.7 Å². The fraction of sp³-hybridized carbons (Fsp3) is 0.556. The number of rotatable bonds is 5. The number of aryl methyl sites for hydroxylation is 1. The lowest BCUT2D eigenvalue weighted by atomic mass is 10.1. The number of carbonyl (C=O) groups is 1. The normalized spacial score (nSPS) is 19.4. The Hall–Kier alpha value is -1.15. The van der Waals surface area contributed by atoms with Gasteiger partial charge in [0.1, 0.15) is 4.32 Å². The Bertz CT molecular complexity index is 644. The zero-order chi connectivity index (χ0) is 17.8. The van der Waals surface area contributed by atoms with Crippen molar-refractivity contribution in [2.24, 2.45) is 0 Å². The molecule has 7 heteroatoms. The van der Waals surface area contributed by atoms with Crippen molar-refractivity contribution < 1.29 is 4.79 Å². The van der Waals surface area contributed by atoms with E-state index in [4.69, 9.17) is 12.2 Å². The second kappa shape index (κ2) is 8.49. The molecule has 0 unspecified atom stereocenters. The van der Waals surface area contributed by atoms with Crippen LogP contribution in [0.3, 0.4) is 0 Å². The number of hydrogen-bond donors (Lipinski definition) is 1.